The van der Waals surface area contributed by atoms with Crippen molar-refractivity contribution in [3.05, 3.63) is 16.1 Å². The van der Waals surface area contributed by atoms with Gasteiger partial charge in [-0.05, 0) is 13.3 Å². The average molecular weight is 231 g/mol. The number of thiazole rings is 1. The van der Waals surface area contributed by atoms with E-state index in [4.69, 9.17) is 5.11 Å². The number of thioether (sulfide) groups is 1. The monoisotopic (exact) mass is 231 g/mol. The molecular weight excluding hydrogens is 218 g/mol. The third-order valence-corrected chi connectivity index (χ3v) is 3.97. The molecule has 0 saturated heterocycles. The molecule has 1 aromatic rings. The highest BCUT2D eigenvalue weighted by atomic mass is 32.2. The SMILES string of the molecule is CCC(SCc1csc(C)n1)C(=O)O. The zero-order valence-corrected chi connectivity index (χ0v) is 9.82. The highest BCUT2D eigenvalue weighted by Gasteiger charge is 2.15. The number of carboxylic acid groups (broad SMARTS) is 1. The first-order valence-corrected chi connectivity index (χ1v) is 6.31. The summed E-state index contributed by atoms with van der Waals surface area (Å²) in [6.07, 6.45) is 0.656. The number of rotatable bonds is 5. The minimum absolute atomic E-state index is 0.308. The van der Waals surface area contributed by atoms with Crippen LogP contribution in [0.15, 0.2) is 5.38 Å². The van der Waals surface area contributed by atoms with Crippen molar-refractivity contribution >= 4 is 29.1 Å². The van der Waals surface area contributed by atoms with Gasteiger partial charge in [0.1, 0.15) is 5.25 Å². The summed E-state index contributed by atoms with van der Waals surface area (Å²) in [5.74, 6) is -0.0424. The minimum Gasteiger partial charge on any atom is -0.480 e. The van der Waals surface area contributed by atoms with E-state index in [1.165, 1.54) is 11.8 Å². The summed E-state index contributed by atoms with van der Waals surface area (Å²) in [6.45, 7) is 3.84. The van der Waals surface area contributed by atoms with Crippen LogP contribution in [0.5, 0.6) is 0 Å². The smallest absolute Gasteiger partial charge is 0.316 e. The van der Waals surface area contributed by atoms with Gasteiger partial charge in [0.15, 0.2) is 0 Å². The number of hydrogen-bond acceptors (Lipinski definition) is 4. The van der Waals surface area contributed by atoms with Gasteiger partial charge in [-0.15, -0.1) is 23.1 Å². The van der Waals surface area contributed by atoms with E-state index in [2.05, 4.69) is 4.98 Å². The van der Waals surface area contributed by atoms with Crippen molar-refractivity contribution in [2.45, 2.75) is 31.3 Å². The molecule has 0 bridgehead atoms. The van der Waals surface area contributed by atoms with E-state index in [1.807, 2.05) is 19.2 Å². The molecule has 1 rings (SSSR count). The third kappa shape index (κ3) is 3.31. The van der Waals surface area contributed by atoms with Crippen molar-refractivity contribution in [3.8, 4) is 0 Å². The molecule has 0 amide bonds. The lowest BCUT2D eigenvalue weighted by atomic mass is 10.3. The number of aryl methyl sites for hydroxylation is 1. The maximum absolute atomic E-state index is 10.7. The normalized spacial score (nSPS) is 12.7. The van der Waals surface area contributed by atoms with E-state index in [-0.39, 0.29) is 5.25 Å². The maximum atomic E-state index is 10.7. The summed E-state index contributed by atoms with van der Waals surface area (Å²) >= 11 is 3.04. The number of aliphatic carboxylic acids is 1. The largest absolute Gasteiger partial charge is 0.480 e. The van der Waals surface area contributed by atoms with E-state index in [1.54, 1.807) is 11.3 Å². The van der Waals surface area contributed by atoms with Crippen LogP contribution >= 0.6 is 23.1 Å². The van der Waals surface area contributed by atoms with Gasteiger partial charge < -0.3 is 5.11 Å². The van der Waals surface area contributed by atoms with E-state index in [0.29, 0.717) is 12.2 Å². The van der Waals surface area contributed by atoms with Gasteiger partial charge in [-0.3, -0.25) is 4.79 Å². The second kappa shape index (κ2) is 5.36. The molecule has 1 N–H and O–H groups in total. The van der Waals surface area contributed by atoms with Crippen LogP contribution in [-0.2, 0) is 10.5 Å². The first-order valence-electron chi connectivity index (χ1n) is 4.39. The van der Waals surface area contributed by atoms with Gasteiger partial charge in [-0.25, -0.2) is 4.98 Å². The highest BCUT2D eigenvalue weighted by Crippen LogP contribution is 2.21. The standard InChI is InChI=1S/C9H13NO2S2/c1-3-8(9(11)12)14-5-7-4-13-6(2)10-7/h4,8H,3,5H2,1-2H3,(H,11,12). The van der Waals surface area contributed by atoms with Crippen molar-refractivity contribution in [3.63, 3.8) is 0 Å². The van der Waals surface area contributed by atoms with Gasteiger partial charge >= 0.3 is 5.97 Å². The van der Waals surface area contributed by atoms with Crippen LogP contribution in [-0.4, -0.2) is 21.3 Å². The zero-order valence-electron chi connectivity index (χ0n) is 8.19. The zero-order chi connectivity index (χ0) is 10.6. The summed E-state index contributed by atoms with van der Waals surface area (Å²) in [6, 6.07) is 0. The van der Waals surface area contributed by atoms with E-state index < -0.39 is 5.97 Å². The van der Waals surface area contributed by atoms with Gasteiger partial charge in [0, 0.05) is 11.1 Å². The molecule has 3 nitrogen and oxygen atoms in total. The Bertz CT molecular complexity index is 312. The quantitative estimate of drug-likeness (QED) is 0.846. The fourth-order valence-electron chi connectivity index (χ4n) is 1.02. The molecule has 1 atom stereocenters. The maximum Gasteiger partial charge on any atom is 0.316 e. The lowest BCUT2D eigenvalue weighted by Gasteiger charge is -2.07. The molecule has 0 aliphatic rings. The molecule has 5 heteroatoms. The van der Waals surface area contributed by atoms with Crippen molar-refractivity contribution < 1.29 is 9.90 Å². The topological polar surface area (TPSA) is 50.2 Å². The fraction of sp³-hybridized carbons (Fsp3) is 0.556. The summed E-state index contributed by atoms with van der Waals surface area (Å²) in [5.41, 5.74) is 0.984. The van der Waals surface area contributed by atoms with Crippen LogP contribution in [0.3, 0.4) is 0 Å². The Morgan fingerprint density at radius 3 is 2.93 bits per heavy atom. The van der Waals surface area contributed by atoms with Crippen molar-refractivity contribution in [1.29, 1.82) is 0 Å². The third-order valence-electron chi connectivity index (χ3n) is 1.75. The summed E-state index contributed by atoms with van der Waals surface area (Å²) in [5, 5.41) is 11.5. The van der Waals surface area contributed by atoms with Crippen LogP contribution in [0.4, 0.5) is 0 Å². The highest BCUT2D eigenvalue weighted by molar-refractivity contribution is 7.99. The van der Waals surface area contributed by atoms with Crippen LogP contribution in [0.25, 0.3) is 0 Å². The van der Waals surface area contributed by atoms with Gasteiger partial charge in [-0.2, -0.15) is 0 Å². The molecule has 1 heterocycles. The molecule has 0 aromatic carbocycles. The lowest BCUT2D eigenvalue weighted by molar-refractivity contribution is -0.136. The Labute approximate surface area is 91.6 Å². The number of nitrogens with zero attached hydrogens (tertiary/aromatic N) is 1. The Kier molecular flexibility index (Phi) is 4.41. The molecule has 14 heavy (non-hydrogen) atoms. The molecular formula is C9H13NO2S2. The second-order valence-electron chi connectivity index (χ2n) is 2.90. The molecule has 0 fully saturated rings. The first kappa shape index (κ1) is 11.5. The van der Waals surface area contributed by atoms with Crippen LogP contribution in [0, 0.1) is 6.92 Å². The molecule has 78 valence electrons. The van der Waals surface area contributed by atoms with Crippen LogP contribution in [0.2, 0.25) is 0 Å². The Balaban J connectivity index is 2.43. The van der Waals surface area contributed by atoms with Crippen molar-refractivity contribution in [2.75, 3.05) is 0 Å². The van der Waals surface area contributed by atoms with Crippen LogP contribution < -0.4 is 0 Å². The Hall–Kier alpha value is -0.550. The number of hydrogen-bond donors (Lipinski definition) is 1. The molecule has 0 aliphatic carbocycles. The molecule has 1 unspecified atom stereocenters. The number of aromatic nitrogens is 1. The van der Waals surface area contributed by atoms with Gasteiger partial charge in [0.05, 0.1) is 10.7 Å². The van der Waals surface area contributed by atoms with E-state index in [9.17, 15) is 4.79 Å². The summed E-state index contributed by atoms with van der Waals surface area (Å²) in [7, 11) is 0. The predicted octanol–water partition coefficient (Wildman–Crippen LogP) is 2.55. The van der Waals surface area contributed by atoms with Crippen molar-refractivity contribution in [1.82, 2.24) is 4.98 Å². The first-order chi connectivity index (χ1) is 6.63. The lowest BCUT2D eigenvalue weighted by Crippen LogP contribution is -2.15. The van der Waals surface area contributed by atoms with Gasteiger partial charge in [0.25, 0.3) is 0 Å². The summed E-state index contributed by atoms with van der Waals surface area (Å²) < 4.78 is 0. The van der Waals surface area contributed by atoms with Gasteiger partial charge in [-0.1, -0.05) is 6.92 Å². The van der Waals surface area contributed by atoms with E-state index >= 15 is 0 Å². The van der Waals surface area contributed by atoms with E-state index in [0.717, 1.165) is 10.7 Å². The predicted molar refractivity (Wildman–Crippen MR) is 59.9 cm³/mol. The number of carboxylic acids is 1. The molecule has 0 saturated carbocycles. The Morgan fingerprint density at radius 1 is 1.79 bits per heavy atom. The van der Waals surface area contributed by atoms with Crippen molar-refractivity contribution in [2.24, 2.45) is 0 Å². The Morgan fingerprint density at radius 2 is 2.50 bits per heavy atom. The molecule has 0 radical (unpaired) electrons. The second-order valence-corrected chi connectivity index (χ2v) is 5.16. The fourth-order valence-corrected chi connectivity index (χ4v) is 2.64. The molecule has 0 spiro atoms. The van der Waals surface area contributed by atoms with Gasteiger partial charge in [0.2, 0.25) is 0 Å². The molecule has 1 aromatic heterocycles. The van der Waals surface area contributed by atoms with Crippen LogP contribution in [0.1, 0.15) is 24.0 Å². The summed E-state index contributed by atoms with van der Waals surface area (Å²) in [4.78, 5) is 15.0. The molecule has 0 aliphatic heterocycles. The average Bonchev–Trinajstić information content (AvgIpc) is 2.52. The number of carbonyl (C=O) groups is 1. The minimum atomic E-state index is -0.732.